The number of alkyl halides is 2. The largest absolute Gasteiger partial charge is 0.353 e. The average molecular weight is 407 g/mol. The number of hydrogen-bond donors (Lipinski definition) is 2. The van der Waals surface area contributed by atoms with Crippen LogP contribution >= 0.6 is 23.2 Å². The van der Waals surface area contributed by atoms with Crippen LogP contribution in [0.1, 0.15) is 18.4 Å². The number of benzene rings is 1. The van der Waals surface area contributed by atoms with Crippen LogP contribution in [0, 0.1) is 0 Å². The Morgan fingerprint density at radius 3 is 2.62 bits per heavy atom. The highest BCUT2D eigenvalue weighted by Crippen LogP contribution is 2.22. The lowest BCUT2D eigenvalue weighted by atomic mass is 10.2. The number of unbranched alkanes of at least 4 members (excludes halogenated alkanes) is 1. The van der Waals surface area contributed by atoms with Gasteiger partial charge in [0.05, 0.1) is 0 Å². The molecule has 0 saturated carbocycles. The van der Waals surface area contributed by atoms with Gasteiger partial charge in [0, 0.05) is 35.3 Å². The van der Waals surface area contributed by atoms with Gasteiger partial charge in [0.15, 0.2) is 0 Å². The zero-order chi connectivity index (χ0) is 19.5. The molecule has 9 heteroatoms. The molecular weight excluding hydrogens is 389 g/mol. The second-order valence-corrected chi connectivity index (χ2v) is 6.00. The van der Waals surface area contributed by atoms with Crippen LogP contribution in [0.2, 0.25) is 10.0 Å². The molecule has 0 atom stereocenters. The Hall–Kier alpha value is -1.96. The SMILES string of the molecule is O=C(/C=C/C(F)F)NCCCCN(O)C(=O)/C=C/c1ccc(Cl)cc1Cl. The molecule has 2 amide bonds. The molecule has 5 nitrogen and oxygen atoms in total. The van der Waals surface area contributed by atoms with Crippen molar-refractivity contribution in [2.75, 3.05) is 13.1 Å². The molecular formula is C17H18Cl2F2N2O3. The highest BCUT2D eigenvalue weighted by atomic mass is 35.5. The van der Waals surface area contributed by atoms with Crippen LogP contribution in [0.5, 0.6) is 0 Å². The summed E-state index contributed by atoms with van der Waals surface area (Å²) in [7, 11) is 0. The van der Waals surface area contributed by atoms with Crippen LogP contribution < -0.4 is 5.32 Å². The Kier molecular flexibility index (Phi) is 9.87. The zero-order valence-corrected chi connectivity index (χ0v) is 15.2. The van der Waals surface area contributed by atoms with Crippen molar-refractivity contribution in [2.45, 2.75) is 19.3 Å². The minimum Gasteiger partial charge on any atom is -0.353 e. The van der Waals surface area contributed by atoms with Gasteiger partial charge in [0.25, 0.3) is 12.3 Å². The number of rotatable bonds is 9. The third kappa shape index (κ3) is 8.94. The molecule has 0 aliphatic carbocycles. The second-order valence-electron chi connectivity index (χ2n) is 5.15. The Morgan fingerprint density at radius 2 is 1.96 bits per heavy atom. The summed E-state index contributed by atoms with van der Waals surface area (Å²) >= 11 is 11.7. The Bertz CT molecular complexity index is 682. The molecule has 0 heterocycles. The molecule has 0 unspecified atom stereocenters. The number of allylic oxidation sites excluding steroid dienone is 1. The molecule has 0 aromatic heterocycles. The molecule has 1 aromatic carbocycles. The van der Waals surface area contributed by atoms with Gasteiger partial charge in [-0.15, -0.1) is 0 Å². The van der Waals surface area contributed by atoms with Crippen molar-refractivity contribution in [3.05, 3.63) is 52.0 Å². The first-order chi connectivity index (χ1) is 12.3. The number of nitrogens with zero attached hydrogens (tertiary/aromatic N) is 1. The van der Waals surface area contributed by atoms with Gasteiger partial charge in [0.2, 0.25) is 5.91 Å². The molecule has 26 heavy (non-hydrogen) atoms. The number of hydroxylamine groups is 2. The van der Waals surface area contributed by atoms with E-state index in [9.17, 15) is 23.6 Å². The lowest BCUT2D eigenvalue weighted by Gasteiger charge is -2.12. The van der Waals surface area contributed by atoms with Gasteiger partial charge in [-0.25, -0.2) is 13.8 Å². The van der Waals surface area contributed by atoms with Crippen LogP contribution in [-0.2, 0) is 9.59 Å². The van der Waals surface area contributed by atoms with Gasteiger partial charge in [-0.05, 0) is 42.7 Å². The van der Waals surface area contributed by atoms with Crippen LogP contribution in [0.25, 0.3) is 6.08 Å². The summed E-state index contributed by atoms with van der Waals surface area (Å²) in [5.74, 6) is -1.25. The van der Waals surface area contributed by atoms with Crippen molar-refractivity contribution in [1.29, 1.82) is 0 Å². The Labute approximate surface area is 159 Å². The monoisotopic (exact) mass is 406 g/mol. The number of carbonyl (C=O) groups is 2. The van der Waals surface area contributed by atoms with Crippen molar-refractivity contribution < 1.29 is 23.6 Å². The smallest absolute Gasteiger partial charge is 0.269 e. The van der Waals surface area contributed by atoms with E-state index in [1.807, 2.05) is 0 Å². The van der Waals surface area contributed by atoms with E-state index < -0.39 is 18.2 Å². The number of amides is 2. The van der Waals surface area contributed by atoms with Gasteiger partial charge >= 0.3 is 0 Å². The van der Waals surface area contributed by atoms with E-state index in [1.54, 1.807) is 12.1 Å². The lowest BCUT2D eigenvalue weighted by molar-refractivity contribution is -0.159. The summed E-state index contributed by atoms with van der Waals surface area (Å²) in [5.41, 5.74) is 0.581. The highest BCUT2D eigenvalue weighted by molar-refractivity contribution is 6.35. The highest BCUT2D eigenvalue weighted by Gasteiger charge is 2.07. The molecule has 0 spiro atoms. The van der Waals surface area contributed by atoms with Crippen LogP contribution in [0.15, 0.2) is 36.4 Å². The van der Waals surface area contributed by atoms with Crippen molar-refractivity contribution in [3.8, 4) is 0 Å². The van der Waals surface area contributed by atoms with E-state index in [4.69, 9.17) is 23.2 Å². The van der Waals surface area contributed by atoms with Gasteiger partial charge in [0.1, 0.15) is 0 Å². The van der Waals surface area contributed by atoms with E-state index in [2.05, 4.69) is 5.32 Å². The first-order valence-electron chi connectivity index (χ1n) is 7.67. The number of halogens is 4. The fraction of sp³-hybridized carbons (Fsp3) is 0.294. The van der Waals surface area contributed by atoms with Crippen LogP contribution in [0.3, 0.4) is 0 Å². The van der Waals surface area contributed by atoms with E-state index in [1.165, 1.54) is 18.2 Å². The summed E-state index contributed by atoms with van der Waals surface area (Å²) in [6.07, 6.45) is 2.08. The maximum Gasteiger partial charge on any atom is 0.269 e. The van der Waals surface area contributed by atoms with Gasteiger partial charge in [-0.1, -0.05) is 29.3 Å². The third-order valence-corrected chi connectivity index (χ3v) is 3.67. The molecule has 1 aromatic rings. The minimum absolute atomic E-state index is 0.0558. The second kappa shape index (κ2) is 11.6. The van der Waals surface area contributed by atoms with E-state index >= 15 is 0 Å². The zero-order valence-electron chi connectivity index (χ0n) is 13.7. The van der Waals surface area contributed by atoms with Gasteiger partial charge < -0.3 is 5.32 Å². The lowest BCUT2D eigenvalue weighted by Crippen LogP contribution is -2.28. The standard InChI is InChI=1S/C17H18Cl2F2N2O3/c18-13-5-3-12(14(19)11-13)4-8-17(25)23(26)10-2-1-9-22-16(24)7-6-15(20)21/h3-8,11,15,26H,1-2,9-10H2,(H,22,24)/b7-6+,8-4+. The fourth-order valence-electron chi connectivity index (χ4n) is 1.81. The average Bonchev–Trinajstić information content (AvgIpc) is 2.58. The maximum atomic E-state index is 11.9. The summed E-state index contributed by atoms with van der Waals surface area (Å²) in [5, 5.41) is 13.5. The molecule has 0 saturated heterocycles. The van der Waals surface area contributed by atoms with Gasteiger partial charge in [-0.2, -0.15) is 0 Å². The molecule has 0 bridgehead atoms. The summed E-state index contributed by atoms with van der Waals surface area (Å²) in [6.45, 7) is 0.297. The predicted molar refractivity (Wildman–Crippen MR) is 96.4 cm³/mol. The summed E-state index contributed by atoms with van der Waals surface area (Å²) < 4.78 is 23.7. The van der Waals surface area contributed by atoms with Crippen LogP contribution in [0.4, 0.5) is 8.78 Å². The normalized spacial score (nSPS) is 11.5. The molecule has 2 N–H and O–H groups in total. The molecule has 0 fully saturated rings. The number of hydrogen-bond acceptors (Lipinski definition) is 3. The quantitative estimate of drug-likeness (QED) is 0.282. The van der Waals surface area contributed by atoms with Gasteiger partial charge in [-0.3, -0.25) is 14.8 Å². The fourth-order valence-corrected chi connectivity index (χ4v) is 2.28. The topological polar surface area (TPSA) is 69.6 Å². The third-order valence-electron chi connectivity index (χ3n) is 3.11. The first-order valence-corrected chi connectivity index (χ1v) is 8.43. The van der Waals surface area contributed by atoms with E-state index in [0.717, 1.165) is 6.08 Å². The van der Waals surface area contributed by atoms with Crippen LogP contribution in [-0.4, -0.2) is 41.6 Å². The maximum absolute atomic E-state index is 11.9. The molecule has 0 aliphatic rings. The van der Waals surface area contributed by atoms with Crippen molar-refractivity contribution >= 4 is 41.1 Å². The van der Waals surface area contributed by atoms with E-state index in [0.29, 0.717) is 39.6 Å². The molecule has 142 valence electrons. The minimum atomic E-state index is -2.68. The predicted octanol–water partition coefficient (Wildman–Crippen LogP) is 3.94. The Morgan fingerprint density at radius 1 is 1.23 bits per heavy atom. The molecule has 1 rings (SSSR count). The number of nitrogens with one attached hydrogen (secondary N) is 1. The van der Waals surface area contributed by atoms with Crippen molar-refractivity contribution in [1.82, 2.24) is 10.4 Å². The summed E-state index contributed by atoms with van der Waals surface area (Å²) in [6, 6.07) is 4.80. The van der Waals surface area contributed by atoms with Crippen molar-refractivity contribution in [2.24, 2.45) is 0 Å². The van der Waals surface area contributed by atoms with Crippen molar-refractivity contribution in [3.63, 3.8) is 0 Å². The van der Waals surface area contributed by atoms with E-state index in [-0.39, 0.29) is 13.1 Å². The summed E-state index contributed by atoms with van der Waals surface area (Å²) in [4.78, 5) is 22.9. The molecule has 0 radical (unpaired) electrons. The Balaban J connectivity index is 2.30. The molecule has 0 aliphatic heterocycles. The number of carbonyl (C=O) groups excluding carboxylic acids is 2. The first kappa shape index (κ1) is 22.1.